The average molecular weight is 340 g/mol. The second-order valence-electron chi connectivity index (χ2n) is 6.75. The number of hydrogen-bond acceptors (Lipinski definition) is 4. The molecule has 1 amide bonds. The van der Waals surface area contributed by atoms with Gasteiger partial charge in [-0.25, -0.2) is 4.98 Å². The number of carbonyl (C=O) groups is 1. The third-order valence-corrected chi connectivity index (χ3v) is 4.59. The van der Waals surface area contributed by atoms with E-state index in [0.29, 0.717) is 29.1 Å². The molecule has 8 nitrogen and oxygen atoms in total. The fourth-order valence-corrected chi connectivity index (χ4v) is 3.14. The number of hydrogen-bond donors (Lipinski definition) is 1. The standard InChI is InChI=1S/C17H20N6O2/c1-21(8-10-7-18-22(2)9-10)17(25)12-6-13(11-4-5-11)19-15-14(12)16(24)20-23(15)3/h6-7,9,11H,4-5,8H2,1-3H3,(H,20,24). The highest BCUT2D eigenvalue weighted by Crippen LogP contribution is 2.40. The van der Waals surface area contributed by atoms with Crippen LogP contribution in [0.15, 0.2) is 23.3 Å². The van der Waals surface area contributed by atoms with Gasteiger partial charge in [-0.1, -0.05) is 0 Å². The van der Waals surface area contributed by atoms with Crippen molar-refractivity contribution in [1.82, 2.24) is 29.4 Å². The largest absolute Gasteiger partial charge is 0.337 e. The van der Waals surface area contributed by atoms with Crippen molar-refractivity contribution in [3.63, 3.8) is 0 Å². The number of aryl methyl sites for hydroxylation is 2. The molecule has 0 radical (unpaired) electrons. The van der Waals surface area contributed by atoms with Crippen molar-refractivity contribution in [1.29, 1.82) is 0 Å². The first kappa shape index (κ1) is 15.6. The summed E-state index contributed by atoms with van der Waals surface area (Å²) in [5, 5.41) is 7.19. The lowest BCUT2D eigenvalue weighted by Crippen LogP contribution is -2.27. The molecule has 1 fully saturated rings. The summed E-state index contributed by atoms with van der Waals surface area (Å²) < 4.78 is 3.28. The van der Waals surface area contributed by atoms with Crippen LogP contribution in [0.4, 0.5) is 0 Å². The van der Waals surface area contributed by atoms with Crippen LogP contribution >= 0.6 is 0 Å². The molecule has 0 atom stereocenters. The van der Waals surface area contributed by atoms with Crippen LogP contribution in [-0.4, -0.2) is 42.4 Å². The summed E-state index contributed by atoms with van der Waals surface area (Å²) >= 11 is 0. The normalized spacial score (nSPS) is 14.2. The third kappa shape index (κ3) is 2.73. The molecule has 25 heavy (non-hydrogen) atoms. The summed E-state index contributed by atoms with van der Waals surface area (Å²) in [6.07, 6.45) is 5.76. The fourth-order valence-electron chi connectivity index (χ4n) is 3.14. The Bertz CT molecular complexity index is 1020. The molecule has 1 saturated carbocycles. The van der Waals surface area contributed by atoms with Gasteiger partial charge in [0.2, 0.25) is 0 Å². The number of nitrogens with one attached hydrogen (secondary N) is 1. The van der Waals surface area contributed by atoms with Crippen LogP contribution in [0.5, 0.6) is 0 Å². The SMILES string of the molecule is CN(Cc1cnn(C)c1)C(=O)c1cc(C2CC2)nc2c1c(=O)[nH]n2C. The van der Waals surface area contributed by atoms with Gasteiger partial charge in [0.05, 0.1) is 17.1 Å². The topological polar surface area (TPSA) is 88.8 Å². The molecular weight excluding hydrogens is 320 g/mol. The van der Waals surface area contributed by atoms with Gasteiger partial charge in [0.25, 0.3) is 11.5 Å². The second kappa shape index (κ2) is 5.58. The van der Waals surface area contributed by atoms with Crippen molar-refractivity contribution in [2.24, 2.45) is 14.1 Å². The van der Waals surface area contributed by atoms with Gasteiger partial charge in [-0.05, 0) is 18.9 Å². The zero-order valence-corrected chi connectivity index (χ0v) is 14.5. The Kier molecular flexibility index (Phi) is 3.48. The average Bonchev–Trinajstić information content (AvgIpc) is 3.29. The van der Waals surface area contributed by atoms with Gasteiger partial charge in [-0.3, -0.25) is 24.1 Å². The molecule has 0 unspecified atom stereocenters. The molecule has 3 aromatic rings. The molecule has 0 spiro atoms. The van der Waals surface area contributed by atoms with Crippen LogP contribution in [0, 0.1) is 0 Å². The first-order valence-corrected chi connectivity index (χ1v) is 8.26. The number of H-pyrrole nitrogens is 1. The van der Waals surface area contributed by atoms with E-state index in [1.165, 1.54) is 0 Å². The van der Waals surface area contributed by atoms with Crippen LogP contribution < -0.4 is 5.56 Å². The quantitative estimate of drug-likeness (QED) is 0.771. The molecule has 0 saturated heterocycles. The highest BCUT2D eigenvalue weighted by molar-refractivity contribution is 6.05. The Hall–Kier alpha value is -2.90. The maximum atomic E-state index is 13.0. The van der Waals surface area contributed by atoms with Crippen LogP contribution in [0.1, 0.15) is 40.4 Å². The highest BCUT2D eigenvalue weighted by Gasteiger charge is 2.29. The van der Waals surface area contributed by atoms with Gasteiger partial charge in [-0.2, -0.15) is 5.10 Å². The molecule has 0 aromatic carbocycles. The lowest BCUT2D eigenvalue weighted by atomic mass is 10.1. The summed E-state index contributed by atoms with van der Waals surface area (Å²) in [6, 6.07) is 1.79. The lowest BCUT2D eigenvalue weighted by molar-refractivity contribution is 0.0787. The maximum absolute atomic E-state index is 13.0. The van der Waals surface area contributed by atoms with E-state index >= 15 is 0 Å². The van der Waals surface area contributed by atoms with Crippen LogP contribution in [-0.2, 0) is 20.6 Å². The van der Waals surface area contributed by atoms with E-state index in [1.54, 1.807) is 40.6 Å². The third-order valence-electron chi connectivity index (χ3n) is 4.59. The van der Waals surface area contributed by atoms with Gasteiger partial charge in [0.15, 0.2) is 5.65 Å². The molecule has 3 heterocycles. The number of aromatic amines is 1. The minimum Gasteiger partial charge on any atom is -0.337 e. The van der Waals surface area contributed by atoms with Crippen molar-refractivity contribution < 1.29 is 4.79 Å². The summed E-state index contributed by atoms with van der Waals surface area (Å²) in [7, 11) is 5.31. The van der Waals surface area contributed by atoms with Crippen LogP contribution in [0.3, 0.4) is 0 Å². The number of aromatic nitrogens is 5. The van der Waals surface area contributed by atoms with E-state index in [2.05, 4.69) is 15.2 Å². The summed E-state index contributed by atoms with van der Waals surface area (Å²) in [5.41, 5.74) is 2.49. The smallest absolute Gasteiger partial charge is 0.274 e. The lowest BCUT2D eigenvalue weighted by Gasteiger charge is -2.17. The van der Waals surface area contributed by atoms with Crippen molar-refractivity contribution in [2.75, 3.05) is 7.05 Å². The Morgan fingerprint density at radius 1 is 1.40 bits per heavy atom. The van der Waals surface area contributed by atoms with Crippen molar-refractivity contribution in [2.45, 2.75) is 25.3 Å². The highest BCUT2D eigenvalue weighted by atomic mass is 16.2. The number of amides is 1. The van der Waals surface area contributed by atoms with Crippen molar-refractivity contribution >= 4 is 16.9 Å². The van der Waals surface area contributed by atoms with Gasteiger partial charge in [0.1, 0.15) is 0 Å². The Balaban J connectivity index is 1.76. The number of nitrogens with zero attached hydrogens (tertiary/aromatic N) is 5. The summed E-state index contributed by atoms with van der Waals surface area (Å²) in [6.45, 7) is 0.431. The molecule has 0 bridgehead atoms. The Labute approximate surface area is 144 Å². The van der Waals surface area contributed by atoms with E-state index in [1.807, 2.05) is 13.2 Å². The monoisotopic (exact) mass is 340 g/mol. The van der Waals surface area contributed by atoms with Crippen molar-refractivity contribution in [3.8, 4) is 0 Å². The summed E-state index contributed by atoms with van der Waals surface area (Å²) in [4.78, 5) is 31.5. The number of rotatable bonds is 4. The van der Waals surface area contributed by atoms with E-state index in [-0.39, 0.29) is 11.5 Å². The van der Waals surface area contributed by atoms with Gasteiger partial charge < -0.3 is 4.90 Å². The first-order valence-electron chi connectivity index (χ1n) is 8.26. The van der Waals surface area contributed by atoms with Gasteiger partial charge in [-0.15, -0.1) is 0 Å². The minimum absolute atomic E-state index is 0.185. The number of carbonyl (C=O) groups excluding carboxylic acids is 1. The summed E-state index contributed by atoms with van der Waals surface area (Å²) in [5.74, 6) is 0.208. The molecule has 3 aromatic heterocycles. The minimum atomic E-state index is -0.287. The van der Waals surface area contributed by atoms with E-state index in [4.69, 9.17) is 0 Å². The van der Waals surface area contributed by atoms with Gasteiger partial charge in [0, 0.05) is 51.1 Å². The fraction of sp³-hybridized carbons (Fsp3) is 0.412. The predicted octanol–water partition coefficient (Wildman–Crippen LogP) is 1.14. The molecule has 8 heteroatoms. The molecule has 0 aliphatic heterocycles. The van der Waals surface area contributed by atoms with E-state index in [9.17, 15) is 9.59 Å². The first-order chi connectivity index (χ1) is 11.9. The van der Waals surface area contributed by atoms with Crippen molar-refractivity contribution in [3.05, 3.63) is 45.6 Å². The number of fused-ring (bicyclic) bond motifs is 1. The molecular formula is C17H20N6O2. The zero-order chi connectivity index (χ0) is 17.7. The van der Waals surface area contributed by atoms with Crippen LogP contribution in [0.2, 0.25) is 0 Å². The maximum Gasteiger partial charge on any atom is 0.274 e. The molecule has 1 N–H and O–H groups in total. The number of pyridine rings is 1. The Morgan fingerprint density at radius 3 is 2.80 bits per heavy atom. The predicted molar refractivity (Wildman–Crippen MR) is 92.3 cm³/mol. The van der Waals surface area contributed by atoms with Gasteiger partial charge >= 0.3 is 0 Å². The molecule has 130 valence electrons. The Morgan fingerprint density at radius 2 is 2.16 bits per heavy atom. The van der Waals surface area contributed by atoms with Crippen LogP contribution in [0.25, 0.3) is 11.0 Å². The second-order valence-corrected chi connectivity index (χ2v) is 6.75. The van der Waals surface area contributed by atoms with E-state index in [0.717, 1.165) is 24.1 Å². The zero-order valence-electron chi connectivity index (χ0n) is 14.5. The molecule has 1 aliphatic rings. The molecule has 4 rings (SSSR count). The molecule has 1 aliphatic carbocycles. The van der Waals surface area contributed by atoms with E-state index < -0.39 is 0 Å².